The normalized spacial score (nSPS) is 20.3. The Bertz CT molecular complexity index is 1860. The molecule has 0 radical (unpaired) electrons. The lowest BCUT2D eigenvalue weighted by Crippen LogP contribution is -2.59. The molecule has 0 aromatic heterocycles. The molecule has 46 heavy (non-hydrogen) atoms. The van der Waals surface area contributed by atoms with E-state index in [1.165, 1.54) is 19.1 Å². The van der Waals surface area contributed by atoms with Gasteiger partial charge < -0.3 is 44.5 Å². The molecule has 5 N–H and O–H groups in total. The van der Waals surface area contributed by atoms with E-state index in [1.807, 2.05) is 0 Å². The van der Waals surface area contributed by atoms with Gasteiger partial charge in [0.15, 0.2) is 11.9 Å². The zero-order chi connectivity index (χ0) is 33.8. The van der Waals surface area contributed by atoms with Crippen molar-refractivity contribution in [2.75, 3.05) is 14.2 Å². The molecular formula is C32H28O14. The summed E-state index contributed by atoms with van der Waals surface area (Å²) in [5.74, 6) is -9.49. The topological polar surface area (TPSA) is 223 Å². The zero-order valence-electron chi connectivity index (χ0n) is 24.9. The molecule has 14 nitrogen and oxygen atoms in total. The predicted molar refractivity (Wildman–Crippen MR) is 154 cm³/mol. The van der Waals surface area contributed by atoms with Gasteiger partial charge in [0.05, 0.1) is 32.6 Å². The highest BCUT2D eigenvalue weighted by molar-refractivity contribution is 6.20. The van der Waals surface area contributed by atoms with Gasteiger partial charge in [-0.2, -0.15) is 0 Å². The van der Waals surface area contributed by atoms with Crippen LogP contribution in [0.3, 0.4) is 0 Å². The van der Waals surface area contributed by atoms with Gasteiger partial charge in [0.2, 0.25) is 11.4 Å². The van der Waals surface area contributed by atoms with E-state index < -0.39 is 99.0 Å². The first-order chi connectivity index (χ1) is 21.7. The largest absolute Gasteiger partial charge is 0.507 e. The number of rotatable bonds is 6. The number of cyclic esters (lactones) is 1. The maximum Gasteiger partial charge on any atom is 0.354 e. The van der Waals surface area contributed by atoms with E-state index in [0.29, 0.717) is 0 Å². The van der Waals surface area contributed by atoms with Crippen LogP contribution in [0.4, 0.5) is 0 Å². The van der Waals surface area contributed by atoms with Gasteiger partial charge in [-0.3, -0.25) is 14.4 Å². The second-order valence-electron chi connectivity index (χ2n) is 11.0. The molecule has 0 aliphatic carbocycles. The van der Waals surface area contributed by atoms with Crippen LogP contribution in [-0.2, 0) is 23.8 Å². The van der Waals surface area contributed by atoms with Crippen molar-refractivity contribution < 1.29 is 68.5 Å². The summed E-state index contributed by atoms with van der Waals surface area (Å²) in [6.45, 7) is 2.99. The Morgan fingerprint density at radius 1 is 0.848 bits per heavy atom. The smallest absolute Gasteiger partial charge is 0.354 e. The fourth-order valence-electron chi connectivity index (χ4n) is 5.96. The Balaban J connectivity index is 1.63. The van der Waals surface area contributed by atoms with E-state index >= 15 is 0 Å². The molecule has 2 aliphatic rings. The SMILES string of the molecule is COC(=O)c1c(O)c(C)cc(O)c1C(=O)c1c(O)ccc(-c2ccc3c(c2O)C(=O)C[C@](C(=O)OC)([C@H]2OC(=O)C[C@H]2C)O3)c1O. The van der Waals surface area contributed by atoms with Crippen LogP contribution in [0.2, 0.25) is 0 Å². The van der Waals surface area contributed by atoms with Crippen molar-refractivity contribution in [3.8, 4) is 45.6 Å². The van der Waals surface area contributed by atoms with Gasteiger partial charge in [-0.15, -0.1) is 0 Å². The summed E-state index contributed by atoms with van der Waals surface area (Å²) in [5.41, 5.74) is -5.20. The first kappa shape index (κ1) is 31.6. The van der Waals surface area contributed by atoms with Crippen molar-refractivity contribution in [3.05, 3.63) is 58.1 Å². The molecule has 3 atom stereocenters. The van der Waals surface area contributed by atoms with Gasteiger partial charge in [0, 0.05) is 17.0 Å². The number of esters is 3. The van der Waals surface area contributed by atoms with Gasteiger partial charge in [-0.05, 0) is 42.8 Å². The molecule has 5 rings (SSSR count). The molecule has 14 heteroatoms. The summed E-state index contributed by atoms with van der Waals surface area (Å²) in [6.07, 6.45) is -1.88. The minimum atomic E-state index is -2.04. The lowest BCUT2D eigenvalue weighted by atomic mass is 9.80. The van der Waals surface area contributed by atoms with Crippen molar-refractivity contribution in [3.63, 3.8) is 0 Å². The van der Waals surface area contributed by atoms with Gasteiger partial charge >= 0.3 is 17.9 Å². The average molecular weight is 637 g/mol. The van der Waals surface area contributed by atoms with E-state index in [1.54, 1.807) is 6.92 Å². The summed E-state index contributed by atoms with van der Waals surface area (Å²) in [4.78, 5) is 64.7. The Labute approximate surface area is 260 Å². The third-order valence-electron chi connectivity index (χ3n) is 8.15. The van der Waals surface area contributed by atoms with Crippen LogP contribution in [0.15, 0.2) is 30.3 Å². The molecule has 1 fully saturated rings. The fraction of sp³-hybridized carbons (Fsp3) is 0.281. The van der Waals surface area contributed by atoms with E-state index in [9.17, 15) is 49.5 Å². The van der Waals surface area contributed by atoms with Crippen molar-refractivity contribution in [2.45, 2.75) is 38.4 Å². The summed E-state index contributed by atoms with van der Waals surface area (Å²) >= 11 is 0. The van der Waals surface area contributed by atoms with E-state index in [2.05, 4.69) is 4.74 Å². The van der Waals surface area contributed by atoms with Crippen LogP contribution in [0.5, 0.6) is 34.5 Å². The van der Waals surface area contributed by atoms with Crippen LogP contribution in [0, 0.1) is 12.8 Å². The van der Waals surface area contributed by atoms with E-state index in [4.69, 9.17) is 14.2 Å². The van der Waals surface area contributed by atoms with Gasteiger partial charge in [-0.25, -0.2) is 9.59 Å². The molecule has 0 spiro atoms. The molecule has 2 heterocycles. The molecule has 1 saturated heterocycles. The number of carbonyl (C=O) groups excluding carboxylic acids is 5. The molecule has 0 amide bonds. The quantitative estimate of drug-likeness (QED) is 0.114. The molecule has 3 aromatic carbocycles. The molecule has 240 valence electrons. The number of phenols is 5. The average Bonchev–Trinajstić information content (AvgIpc) is 3.36. The molecule has 3 aromatic rings. The number of fused-ring (bicyclic) bond motifs is 1. The highest BCUT2D eigenvalue weighted by Crippen LogP contribution is 2.50. The van der Waals surface area contributed by atoms with Crippen LogP contribution in [0.25, 0.3) is 11.1 Å². The maximum absolute atomic E-state index is 13.7. The monoisotopic (exact) mass is 636 g/mol. The summed E-state index contributed by atoms with van der Waals surface area (Å²) in [5, 5.41) is 54.3. The fourth-order valence-corrected chi connectivity index (χ4v) is 5.96. The number of aryl methyl sites for hydroxylation is 1. The van der Waals surface area contributed by atoms with E-state index in [0.717, 1.165) is 32.4 Å². The Kier molecular flexibility index (Phi) is 7.76. The third kappa shape index (κ3) is 4.69. The lowest BCUT2D eigenvalue weighted by Gasteiger charge is -2.39. The second kappa shape index (κ2) is 11.3. The molecular weight excluding hydrogens is 608 g/mol. The number of hydrogen-bond acceptors (Lipinski definition) is 14. The first-order valence-electron chi connectivity index (χ1n) is 13.8. The summed E-state index contributed by atoms with van der Waals surface area (Å²) in [6, 6.07) is 5.53. The van der Waals surface area contributed by atoms with Crippen LogP contribution >= 0.6 is 0 Å². The Hall–Kier alpha value is -5.79. The number of phenolic OH excluding ortho intramolecular Hbond substituents is 5. The minimum Gasteiger partial charge on any atom is -0.507 e. The zero-order valence-corrected chi connectivity index (χ0v) is 24.9. The van der Waals surface area contributed by atoms with Crippen LogP contribution in [0.1, 0.15) is 62.0 Å². The van der Waals surface area contributed by atoms with Crippen LogP contribution < -0.4 is 4.74 Å². The Morgan fingerprint density at radius 3 is 2.11 bits per heavy atom. The van der Waals surface area contributed by atoms with Crippen LogP contribution in [-0.4, -0.2) is 80.9 Å². The number of benzene rings is 3. The van der Waals surface area contributed by atoms with Gasteiger partial charge in [0.25, 0.3) is 0 Å². The van der Waals surface area contributed by atoms with Crippen molar-refractivity contribution in [1.82, 2.24) is 0 Å². The third-order valence-corrected chi connectivity index (χ3v) is 8.15. The molecule has 0 saturated carbocycles. The van der Waals surface area contributed by atoms with Gasteiger partial charge in [-0.1, -0.05) is 6.92 Å². The van der Waals surface area contributed by atoms with E-state index in [-0.39, 0.29) is 34.4 Å². The summed E-state index contributed by atoms with van der Waals surface area (Å²) < 4.78 is 20.9. The van der Waals surface area contributed by atoms with Crippen molar-refractivity contribution in [1.29, 1.82) is 0 Å². The first-order valence-corrected chi connectivity index (χ1v) is 13.8. The van der Waals surface area contributed by atoms with Gasteiger partial charge in [0.1, 0.15) is 51.2 Å². The number of methoxy groups -OCH3 is 2. The summed E-state index contributed by atoms with van der Waals surface area (Å²) in [7, 11) is 2.05. The minimum absolute atomic E-state index is 0.0271. The van der Waals surface area contributed by atoms with Crippen molar-refractivity contribution in [2.24, 2.45) is 5.92 Å². The second-order valence-corrected chi connectivity index (χ2v) is 11.0. The number of Topliss-reactive ketones (excluding diaryl/α,β-unsaturated/α-hetero) is 1. The number of carbonyl (C=O) groups is 5. The number of aromatic hydroxyl groups is 5. The maximum atomic E-state index is 13.7. The highest BCUT2D eigenvalue weighted by atomic mass is 16.6. The molecule has 0 bridgehead atoms. The van der Waals surface area contributed by atoms with Crippen molar-refractivity contribution >= 4 is 29.5 Å². The highest BCUT2D eigenvalue weighted by Gasteiger charge is 2.60. The predicted octanol–water partition coefficient (Wildman–Crippen LogP) is 3.04. The standard InChI is InChI=1S/C32H28O14/c1-12-9-17(34)22(24(25(12)37)30(41)43-3)28(40)23-16(33)7-5-14(27(23)39)15-6-8-19-21(26(15)38)18(35)11-32(46-19,31(42)44-4)29-13(2)10-20(36)45-29/h5-9,13,29,33-34,37-39H,10-11H2,1-4H3/t13-,29+,32-/m1/s1. The number of ether oxygens (including phenoxy) is 4. The molecule has 2 aliphatic heterocycles. The number of hydrogen-bond donors (Lipinski definition) is 5. The lowest BCUT2D eigenvalue weighted by molar-refractivity contribution is -0.177. The molecule has 0 unspecified atom stereocenters. The Morgan fingerprint density at radius 2 is 1.50 bits per heavy atom. The number of ketones is 2.